The minimum atomic E-state index is -0.0952. The molecule has 0 spiro atoms. The molecule has 4 nitrogen and oxygen atoms in total. The molecule has 1 aliphatic carbocycles. The summed E-state index contributed by atoms with van der Waals surface area (Å²) in [7, 11) is 1.66. The molecule has 1 aromatic rings. The number of carbonyl (C=O) groups excluding carboxylic acids is 1. The van der Waals surface area contributed by atoms with Crippen LogP contribution in [0.15, 0.2) is 24.3 Å². The van der Waals surface area contributed by atoms with Crippen molar-refractivity contribution >= 4 is 5.91 Å². The van der Waals surface area contributed by atoms with Gasteiger partial charge in [-0.3, -0.25) is 10.1 Å². The van der Waals surface area contributed by atoms with Gasteiger partial charge in [0.1, 0.15) is 11.9 Å². The van der Waals surface area contributed by atoms with Crippen LogP contribution in [-0.2, 0) is 4.79 Å². The van der Waals surface area contributed by atoms with Crippen molar-refractivity contribution in [1.82, 2.24) is 10.2 Å². The van der Waals surface area contributed by atoms with Gasteiger partial charge in [0.15, 0.2) is 0 Å². The van der Waals surface area contributed by atoms with Gasteiger partial charge in [0.05, 0.1) is 13.2 Å². The highest BCUT2D eigenvalue weighted by atomic mass is 16.5. The normalized spacial score (nSPS) is 26.7. The largest absolute Gasteiger partial charge is 0.497 e. The summed E-state index contributed by atoms with van der Waals surface area (Å²) in [6, 6.07) is 7.88. The number of methoxy groups -OCH3 is 1. The van der Waals surface area contributed by atoms with Crippen molar-refractivity contribution in [3.8, 4) is 5.75 Å². The second kappa shape index (κ2) is 5.44. The number of carbonyl (C=O) groups is 1. The molecule has 2 unspecified atom stereocenters. The Kier molecular flexibility index (Phi) is 3.66. The summed E-state index contributed by atoms with van der Waals surface area (Å²) < 4.78 is 5.19. The topological polar surface area (TPSA) is 41.6 Å². The number of rotatable bonds is 4. The van der Waals surface area contributed by atoms with Gasteiger partial charge in [-0.15, -0.1) is 0 Å². The predicted octanol–water partition coefficient (Wildman–Crippen LogP) is 2.31. The Balaban J connectivity index is 1.79. The number of hydrogen-bond donors (Lipinski definition) is 1. The first-order valence-corrected chi connectivity index (χ1v) is 7.39. The van der Waals surface area contributed by atoms with Crippen LogP contribution in [-0.4, -0.2) is 30.5 Å². The summed E-state index contributed by atoms with van der Waals surface area (Å²) in [5, 5.41) is 3.40. The molecule has 1 saturated heterocycles. The Morgan fingerprint density at radius 2 is 2.00 bits per heavy atom. The highest BCUT2D eigenvalue weighted by Crippen LogP contribution is 2.33. The molecule has 2 atom stereocenters. The standard InChI is InChI=1S/C16H22N2O2/c1-11-16(19)18(10-12-4-3-5-12)15(17-11)13-6-8-14(20-2)9-7-13/h6-9,11-12,15,17H,3-5,10H2,1-2H3. The summed E-state index contributed by atoms with van der Waals surface area (Å²) in [5.74, 6) is 1.75. The molecule has 1 heterocycles. The van der Waals surface area contributed by atoms with Crippen molar-refractivity contribution in [2.45, 2.75) is 38.4 Å². The lowest BCUT2D eigenvalue weighted by atomic mass is 9.85. The van der Waals surface area contributed by atoms with Crippen LogP contribution < -0.4 is 10.1 Å². The van der Waals surface area contributed by atoms with Crippen molar-refractivity contribution in [2.75, 3.05) is 13.7 Å². The van der Waals surface area contributed by atoms with Crippen molar-refractivity contribution in [1.29, 1.82) is 0 Å². The van der Waals surface area contributed by atoms with Gasteiger partial charge in [0, 0.05) is 6.54 Å². The monoisotopic (exact) mass is 274 g/mol. The zero-order chi connectivity index (χ0) is 14.1. The van der Waals surface area contributed by atoms with E-state index < -0.39 is 0 Å². The molecule has 4 heteroatoms. The number of benzene rings is 1. The zero-order valence-electron chi connectivity index (χ0n) is 12.1. The molecule has 20 heavy (non-hydrogen) atoms. The van der Waals surface area contributed by atoms with Crippen LogP contribution in [0.1, 0.15) is 37.9 Å². The number of nitrogens with one attached hydrogen (secondary N) is 1. The minimum absolute atomic E-state index is 0.00371. The lowest BCUT2D eigenvalue weighted by Crippen LogP contribution is -2.37. The smallest absolute Gasteiger partial charge is 0.241 e. The highest BCUT2D eigenvalue weighted by Gasteiger charge is 2.38. The van der Waals surface area contributed by atoms with Crippen LogP contribution in [0.25, 0.3) is 0 Å². The SMILES string of the molecule is COc1ccc(C2NC(C)C(=O)N2CC2CCC2)cc1. The van der Waals surface area contributed by atoms with E-state index in [1.54, 1.807) is 7.11 Å². The minimum Gasteiger partial charge on any atom is -0.497 e. The fraction of sp³-hybridized carbons (Fsp3) is 0.562. The van der Waals surface area contributed by atoms with Gasteiger partial charge < -0.3 is 9.64 Å². The first-order chi connectivity index (χ1) is 9.69. The van der Waals surface area contributed by atoms with E-state index in [1.165, 1.54) is 19.3 Å². The molecule has 0 radical (unpaired) electrons. The van der Waals surface area contributed by atoms with Gasteiger partial charge in [0.2, 0.25) is 5.91 Å². The molecular weight excluding hydrogens is 252 g/mol. The fourth-order valence-corrected chi connectivity index (χ4v) is 2.99. The van der Waals surface area contributed by atoms with Crippen LogP contribution in [0.3, 0.4) is 0 Å². The molecule has 1 saturated carbocycles. The number of ether oxygens (including phenoxy) is 1. The van der Waals surface area contributed by atoms with E-state index in [9.17, 15) is 4.79 Å². The van der Waals surface area contributed by atoms with E-state index in [4.69, 9.17) is 4.74 Å². The van der Waals surface area contributed by atoms with Gasteiger partial charge in [-0.05, 0) is 43.4 Å². The van der Waals surface area contributed by atoms with E-state index in [0.717, 1.165) is 17.9 Å². The second-order valence-electron chi connectivity index (χ2n) is 5.85. The molecule has 1 aliphatic heterocycles. The molecule has 108 valence electrons. The first kappa shape index (κ1) is 13.4. The molecule has 1 aromatic carbocycles. The maximum absolute atomic E-state index is 12.3. The number of hydrogen-bond acceptors (Lipinski definition) is 3. The molecule has 1 N–H and O–H groups in total. The summed E-state index contributed by atoms with van der Waals surface area (Å²) in [6.07, 6.45) is 3.83. The van der Waals surface area contributed by atoms with E-state index in [-0.39, 0.29) is 18.1 Å². The van der Waals surface area contributed by atoms with Gasteiger partial charge >= 0.3 is 0 Å². The Bertz CT molecular complexity index is 482. The molecule has 2 aliphatic rings. The van der Waals surface area contributed by atoms with Crippen molar-refractivity contribution in [2.24, 2.45) is 5.92 Å². The molecule has 0 bridgehead atoms. The van der Waals surface area contributed by atoms with E-state index >= 15 is 0 Å². The molecule has 2 fully saturated rings. The Labute approximate surface area is 120 Å². The van der Waals surface area contributed by atoms with Crippen LogP contribution in [0.4, 0.5) is 0 Å². The van der Waals surface area contributed by atoms with Crippen LogP contribution in [0.5, 0.6) is 5.75 Å². The first-order valence-electron chi connectivity index (χ1n) is 7.39. The summed E-state index contributed by atoms with van der Waals surface area (Å²) in [4.78, 5) is 14.3. The average molecular weight is 274 g/mol. The maximum atomic E-state index is 12.3. The van der Waals surface area contributed by atoms with E-state index in [0.29, 0.717) is 5.92 Å². The van der Waals surface area contributed by atoms with Crippen LogP contribution in [0.2, 0.25) is 0 Å². The average Bonchev–Trinajstić information content (AvgIpc) is 2.70. The summed E-state index contributed by atoms with van der Waals surface area (Å²) in [6.45, 7) is 2.83. The van der Waals surface area contributed by atoms with Gasteiger partial charge in [0.25, 0.3) is 0 Å². The Morgan fingerprint density at radius 3 is 2.55 bits per heavy atom. The predicted molar refractivity (Wildman–Crippen MR) is 77.4 cm³/mol. The Hall–Kier alpha value is -1.55. The molecular formula is C16H22N2O2. The van der Waals surface area contributed by atoms with Gasteiger partial charge in [-0.1, -0.05) is 18.6 Å². The third kappa shape index (κ3) is 2.40. The van der Waals surface area contributed by atoms with Crippen LogP contribution in [0, 0.1) is 5.92 Å². The third-order valence-corrected chi connectivity index (χ3v) is 4.48. The van der Waals surface area contributed by atoms with Crippen molar-refractivity contribution < 1.29 is 9.53 Å². The number of amides is 1. The third-order valence-electron chi connectivity index (χ3n) is 4.48. The van der Waals surface area contributed by atoms with Gasteiger partial charge in [-0.25, -0.2) is 0 Å². The lowest BCUT2D eigenvalue weighted by Gasteiger charge is -2.33. The van der Waals surface area contributed by atoms with E-state index in [2.05, 4.69) is 5.32 Å². The van der Waals surface area contributed by atoms with Crippen molar-refractivity contribution in [3.05, 3.63) is 29.8 Å². The van der Waals surface area contributed by atoms with Crippen molar-refractivity contribution in [3.63, 3.8) is 0 Å². The van der Waals surface area contributed by atoms with Crippen LogP contribution >= 0.6 is 0 Å². The van der Waals surface area contributed by atoms with Gasteiger partial charge in [-0.2, -0.15) is 0 Å². The second-order valence-corrected chi connectivity index (χ2v) is 5.85. The highest BCUT2D eigenvalue weighted by molar-refractivity contribution is 5.84. The molecule has 0 aromatic heterocycles. The lowest BCUT2D eigenvalue weighted by molar-refractivity contribution is -0.130. The molecule has 3 rings (SSSR count). The van der Waals surface area contributed by atoms with E-state index in [1.807, 2.05) is 36.1 Å². The quantitative estimate of drug-likeness (QED) is 0.916. The Morgan fingerprint density at radius 1 is 1.30 bits per heavy atom. The summed E-state index contributed by atoms with van der Waals surface area (Å²) >= 11 is 0. The maximum Gasteiger partial charge on any atom is 0.241 e. The summed E-state index contributed by atoms with van der Waals surface area (Å²) in [5.41, 5.74) is 1.13. The fourth-order valence-electron chi connectivity index (χ4n) is 2.99. The number of nitrogens with zero attached hydrogens (tertiary/aromatic N) is 1. The molecule has 1 amide bonds. The zero-order valence-corrected chi connectivity index (χ0v) is 12.1.